The average Bonchev–Trinajstić information content (AvgIpc) is 3.08. The summed E-state index contributed by atoms with van der Waals surface area (Å²) >= 11 is 0. The van der Waals surface area contributed by atoms with E-state index in [0.717, 1.165) is 154 Å². The van der Waals surface area contributed by atoms with Gasteiger partial charge in [0.25, 0.3) is 23.5 Å². The van der Waals surface area contributed by atoms with Gasteiger partial charge in [-0.3, -0.25) is 13.7 Å². The molecule has 0 aromatic rings. The summed E-state index contributed by atoms with van der Waals surface area (Å²) in [5.74, 6) is 0. The van der Waals surface area contributed by atoms with E-state index in [1.807, 2.05) is 0 Å². The van der Waals surface area contributed by atoms with Crippen molar-refractivity contribution < 1.29 is 72.3 Å². The molecular formula is C36H78CoO12P3. The molecule has 0 rings (SSSR count). The second kappa shape index (κ2) is 44.5. The quantitative estimate of drug-likeness (QED) is 0.0431. The van der Waals surface area contributed by atoms with Crippen LogP contribution in [-0.4, -0.2) is 39.6 Å². The van der Waals surface area contributed by atoms with Crippen molar-refractivity contribution >= 4 is 23.5 Å². The molecule has 0 aromatic heterocycles. The summed E-state index contributed by atoms with van der Waals surface area (Å²) in [6.07, 6.45) is 24.2. The zero-order chi connectivity index (χ0) is 39.0. The van der Waals surface area contributed by atoms with E-state index >= 15 is 0 Å². The second-order valence-electron chi connectivity index (χ2n) is 12.7. The number of hydrogen-bond acceptors (Lipinski definition) is 12. The molecule has 0 aliphatic rings. The first-order valence-corrected chi connectivity index (χ1v) is 24.5. The summed E-state index contributed by atoms with van der Waals surface area (Å²) in [5.41, 5.74) is 0. The molecule has 12 nitrogen and oxygen atoms in total. The van der Waals surface area contributed by atoms with E-state index in [2.05, 4.69) is 41.5 Å². The Hall–Kier alpha value is 0.836. The minimum atomic E-state index is -4.04. The molecule has 0 heterocycles. The Bertz CT molecular complexity index is 684. The van der Waals surface area contributed by atoms with E-state index in [0.29, 0.717) is 0 Å². The fraction of sp³-hybridized carbons (Fsp3) is 1.00. The number of phosphoric acid groups is 3. The number of hydrogen-bond donors (Lipinski definition) is 0. The maximum Gasteiger partial charge on any atom is 3.00 e. The first kappa shape index (κ1) is 59.5. The SMILES string of the molecule is CCCCCCOP(=O)([O-])OCCCCCC.CCCCCCOP(=O)([O-])OCCCCCC.CCCCCCOP(=O)([O-])OCCCCCC.[Co+3]. The van der Waals surface area contributed by atoms with E-state index in [1.54, 1.807) is 0 Å². The molecule has 0 saturated carbocycles. The maximum absolute atomic E-state index is 11.3. The molecule has 0 amide bonds. The molecule has 0 radical (unpaired) electrons. The molecule has 16 heteroatoms. The van der Waals surface area contributed by atoms with Crippen molar-refractivity contribution in [2.75, 3.05) is 39.6 Å². The Balaban J connectivity index is -0.000000329. The van der Waals surface area contributed by atoms with Crippen LogP contribution < -0.4 is 14.7 Å². The fourth-order valence-corrected chi connectivity index (χ4v) is 6.68. The van der Waals surface area contributed by atoms with E-state index in [1.165, 1.54) is 0 Å². The second-order valence-corrected chi connectivity index (χ2v) is 16.9. The van der Waals surface area contributed by atoms with Crippen LogP contribution in [0.5, 0.6) is 0 Å². The third-order valence-corrected chi connectivity index (χ3v) is 10.5. The van der Waals surface area contributed by atoms with Crippen LogP contribution >= 0.6 is 23.5 Å². The van der Waals surface area contributed by atoms with Gasteiger partial charge in [-0.2, -0.15) is 0 Å². The van der Waals surface area contributed by atoms with Crippen LogP contribution in [0.1, 0.15) is 196 Å². The standard InChI is InChI=1S/3C12H27O4P.Co/c3*1-3-5-7-9-11-15-17(13,14)16-12-10-8-6-4-2;/h3*3-12H2,1-2H3,(H,13,14);/q;;;+3/p-3. The van der Waals surface area contributed by atoms with E-state index in [-0.39, 0.29) is 56.4 Å². The van der Waals surface area contributed by atoms with Gasteiger partial charge < -0.3 is 41.8 Å². The van der Waals surface area contributed by atoms with Gasteiger partial charge in [0, 0.05) is 0 Å². The minimum Gasteiger partial charge on any atom is -0.756 e. The zero-order valence-electron chi connectivity index (χ0n) is 33.8. The number of phosphoric ester groups is 3. The number of unbranched alkanes of at least 4 members (excludes halogenated alkanes) is 18. The molecule has 0 spiro atoms. The Kier molecular flexibility index (Phi) is 51.0. The fourth-order valence-electron chi connectivity index (χ4n) is 4.34. The normalized spacial score (nSPS) is 11.7. The zero-order valence-corrected chi connectivity index (χ0v) is 37.5. The Morgan fingerprint density at radius 2 is 0.423 bits per heavy atom. The van der Waals surface area contributed by atoms with Crippen molar-refractivity contribution in [3.63, 3.8) is 0 Å². The number of rotatable bonds is 36. The molecule has 0 aliphatic heterocycles. The van der Waals surface area contributed by atoms with Gasteiger partial charge in [-0.25, -0.2) is 0 Å². The molecule has 0 atom stereocenters. The van der Waals surface area contributed by atoms with Gasteiger partial charge in [-0.15, -0.1) is 0 Å². The first-order chi connectivity index (χ1) is 24.4. The monoisotopic (exact) mass is 854 g/mol. The van der Waals surface area contributed by atoms with Crippen LogP contribution in [0.25, 0.3) is 0 Å². The van der Waals surface area contributed by atoms with Crippen LogP contribution in [0.15, 0.2) is 0 Å². The Labute approximate surface area is 330 Å². The molecule has 0 bridgehead atoms. The first-order valence-electron chi connectivity index (χ1n) is 20.2. The van der Waals surface area contributed by atoms with Crippen molar-refractivity contribution in [2.45, 2.75) is 196 Å². The molecule has 318 valence electrons. The minimum absolute atomic E-state index is 0. The van der Waals surface area contributed by atoms with E-state index in [9.17, 15) is 28.4 Å². The van der Waals surface area contributed by atoms with Crippen molar-refractivity contribution in [3.05, 3.63) is 0 Å². The molecular weight excluding hydrogens is 776 g/mol. The van der Waals surface area contributed by atoms with Gasteiger partial charge >= 0.3 is 16.8 Å². The summed E-state index contributed by atoms with van der Waals surface area (Å²) < 4.78 is 62.4. The van der Waals surface area contributed by atoms with Crippen LogP contribution in [0.3, 0.4) is 0 Å². The topological polar surface area (TPSA) is 176 Å². The van der Waals surface area contributed by atoms with Crippen molar-refractivity contribution in [1.29, 1.82) is 0 Å². The largest absolute Gasteiger partial charge is 3.00 e. The summed E-state index contributed by atoms with van der Waals surface area (Å²) in [6.45, 7) is 14.1. The maximum atomic E-state index is 11.3. The van der Waals surface area contributed by atoms with Gasteiger partial charge in [-0.05, 0) is 38.5 Å². The molecule has 0 fully saturated rings. The molecule has 0 unspecified atom stereocenters. The third kappa shape index (κ3) is 52.9. The summed E-state index contributed by atoms with van der Waals surface area (Å²) in [7, 11) is -12.1. The Morgan fingerprint density at radius 3 is 0.538 bits per heavy atom. The molecule has 52 heavy (non-hydrogen) atoms. The van der Waals surface area contributed by atoms with Crippen molar-refractivity contribution in [2.24, 2.45) is 0 Å². The summed E-state index contributed by atoms with van der Waals surface area (Å²) in [5, 5.41) is 0. The molecule has 0 saturated heterocycles. The molecule has 0 aromatic carbocycles. The average molecular weight is 855 g/mol. The predicted molar refractivity (Wildman–Crippen MR) is 203 cm³/mol. The van der Waals surface area contributed by atoms with Crippen LogP contribution in [0, 0.1) is 0 Å². The van der Waals surface area contributed by atoms with E-state index in [4.69, 9.17) is 27.1 Å². The van der Waals surface area contributed by atoms with Gasteiger partial charge in [0.05, 0.1) is 39.6 Å². The molecule has 0 N–H and O–H groups in total. The Morgan fingerprint density at radius 1 is 0.288 bits per heavy atom. The van der Waals surface area contributed by atoms with Crippen LogP contribution in [-0.2, 0) is 57.6 Å². The van der Waals surface area contributed by atoms with Crippen LogP contribution in [0.2, 0.25) is 0 Å². The molecule has 0 aliphatic carbocycles. The van der Waals surface area contributed by atoms with Crippen LogP contribution in [0.4, 0.5) is 0 Å². The van der Waals surface area contributed by atoms with Gasteiger partial charge in [0.15, 0.2) is 0 Å². The van der Waals surface area contributed by atoms with Gasteiger partial charge in [0.2, 0.25) is 0 Å². The van der Waals surface area contributed by atoms with E-state index < -0.39 is 23.5 Å². The summed E-state index contributed by atoms with van der Waals surface area (Å²) in [4.78, 5) is 33.8. The van der Waals surface area contributed by atoms with Crippen molar-refractivity contribution in [1.82, 2.24) is 0 Å². The smallest absolute Gasteiger partial charge is 0.756 e. The van der Waals surface area contributed by atoms with Crippen molar-refractivity contribution in [3.8, 4) is 0 Å². The predicted octanol–water partition coefficient (Wildman–Crippen LogP) is 10.9. The van der Waals surface area contributed by atoms with Gasteiger partial charge in [-0.1, -0.05) is 157 Å². The summed E-state index contributed by atoms with van der Waals surface area (Å²) in [6, 6.07) is 0. The third-order valence-electron chi connectivity index (χ3n) is 7.48. The van der Waals surface area contributed by atoms with Gasteiger partial charge in [0.1, 0.15) is 0 Å².